The highest BCUT2D eigenvalue weighted by molar-refractivity contribution is 6.31. The standard InChI is InChI=1S/C26H25ClFN3O3/c27-22-8-4-9-23(28)21(22)16-30-11-13-31(14-12-30)26(33)19-6-3-5-18(15-19)17-34-24-10-2-1-7-20(24)25(29)32/h1-10,15H,11-14,16-17H2,(H2,29,32). The van der Waals surface area contributed by atoms with Crippen molar-refractivity contribution in [2.24, 2.45) is 5.73 Å². The lowest BCUT2D eigenvalue weighted by atomic mass is 10.1. The van der Waals surface area contributed by atoms with Crippen LogP contribution < -0.4 is 10.5 Å². The van der Waals surface area contributed by atoms with E-state index in [1.54, 1.807) is 53.4 Å². The van der Waals surface area contributed by atoms with E-state index >= 15 is 0 Å². The van der Waals surface area contributed by atoms with E-state index in [0.717, 1.165) is 5.56 Å². The van der Waals surface area contributed by atoms with E-state index in [4.69, 9.17) is 22.1 Å². The number of ether oxygens (including phenoxy) is 1. The summed E-state index contributed by atoms with van der Waals surface area (Å²) in [6.07, 6.45) is 0. The number of nitrogens with zero attached hydrogens (tertiary/aromatic N) is 2. The molecule has 0 spiro atoms. The second kappa shape index (κ2) is 10.7. The third-order valence-corrected chi connectivity index (χ3v) is 6.18. The van der Waals surface area contributed by atoms with E-state index in [0.29, 0.717) is 60.2 Å². The Bertz CT molecular complexity index is 1180. The van der Waals surface area contributed by atoms with Gasteiger partial charge >= 0.3 is 0 Å². The summed E-state index contributed by atoms with van der Waals surface area (Å²) in [6.45, 7) is 2.94. The second-order valence-corrected chi connectivity index (χ2v) is 8.53. The average Bonchev–Trinajstić information content (AvgIpc) is 2.85. The van der Waals surface area contributed by atoms with Crippen LogP contribution in [0.1, 0.15) is 31.8 Å². The first-order chi connectivity index (χ1) is 16.4. The number of hydrogen-bond donors (Lipinski definition) is 1. The summed E-state index contributed by atoms with van der Waals surface area (Å²) in [7, 11) is 0. The molecule has 1 aliphatic rings. The molecule has 0 unspecified atom stereocenters. The fourth-order valence-electron chi connectivity index (χ4n) is 3.95. The third-order valence-electron chi connectivity index (χ3n) is 5.82. The second-order valence-electron chi connectivity index (χ2n) is 8.12. The number of halogens is 2. The summed E-state index contributed by atoms with van der Waals surface area (Å²) >= 11 is 6.15. The molecule has 2 N–H and O–H groups in total. The molecule has 1 fully saturated rings. The van der Waals surface area contributed by atoms with Crippen LogP contribution in [0.4, 0.5) is 4.39 Å². The highest BCUT2D eigenvalue weighted by Crippen LogP contribution is 2.22. The van der Waals surface area contributed by atoms with Gasteiger partial charge in [0, 0.05) is 48.9 Å². The van der Waals surface area contributed by atoms with Crippen LogP contribution in [0.25, 0.3) is 0 Å². The summed E-state index contributed by atoms with van der Waals surface area (Å²) < 4.78 is 19.9. The van der Waals surface area contributed by atoms with Crippen LogP contribution in [0.3, 0.4) is 0 Å². The van der Waals surface area contributed by atoms with E-state index < -0.39 is 5.91 Å². The number of carbonyl (C=O) groups excluding carboxylic acids is 2. The number of primary amides is 1. The zero-order valence-electron chi connectivity index (χ0n) is 18.5. The SMILES string of the molecule is NC(=O)c1ccccc1OCc1cccc(C(=O)N2CCN(Cc3c(F)cccc3Cl)CC2)c1. The molecule has 0 radical (unpaired) electrons. The van der Waals surface area contributed by atoms with Gasteiger partial charge in [-0.25, -0.2) is 4.39 Å². The Morgan fingerprint density at radius 3 is 2.44 bits per heavy atom. The molecule has 2 amide bonds. The zero-order valence-corrected chi connectivity index (χ0v) is 19.3. The van der Waals surface area contributed by atoms with Crippen LogP contribution in [0.2, 0.25) is 5.02 Å². The molecule has 1 heterocycles. The summed E-state index contributed by atoms with van der Waals surface area (Å²) in [5.74, 6) is -0.541. The molecule has 0 aromatic heterocycles. The van der Waals surface area contributed by atoms with Gasteiger partial charge in [0.1, 0.15) is 18.2 Å². The number of carbonyl (C=O) groups is 2. The van der Waals surface area contributed by atoms with Crippen molar-refractivity contribution in [3.8, 4) is 5.75 Å². The first kappa shape index (κ1) is 23.7. The molecule has 176 valence electrons. The highest BCUT2D eigenvalue weighted by atomic mass is 35.5. The lowest BCUT2D eigenvalue weighted by Crippen LogP contribution is -2.48. The number of hydrogen-bond acceptors (Lipinski definition) is 4. The Hall–Kier alpha value is -3.42. The lowest BCUT2D eigenvalue weighted by Gasteiger charge is -2.35. The van der Waals surface area contributed by atoms with Crippen molar-refractivity contribution >= 4 is 23.4 Å². The van der Waals surface area contributed by atoms with Crippen molar-refractivity contribution < 1.29 is 18.7 Å². The molecule has 0 saturated carbocycles. The maximum atomic E-state index is 14.1. The normalized spacial score (nSPS) is 14.1. The van der Waals surface area contributed by atoms with Crippen molar-refractivity contribution in [1.29, 1.82) is 0 Å². The minimum atomic E-state index is -0.559. The van der Waals surface area contributed by atoms with Crippen molar-refractivity contribution in [3.05, 3.63) is 99.8 Å². The Balaban J connectivity index is 1.35. The van der Waals surface area contributed by atoms with E-state index in [1.165, 1.54) is 6.07 Å². The molecule has 1 aliphatic heterocycles. The fraction of sp³-hybridized carbons (Fsp3) is 0.231. The van der Waals surface area contributed by atoms with E-state index in [-0.39, 0.29) is 18.3 Å². The molecule has 3 aromatic carbocycles. The van der Waals surface area contributed by atoms with Crippen LogP contribution in [-0.2, 0) is 13.2 Å². The van der Waals surface area contributed by atoms with Crippen LogP contribution in [0.15, 0.2) is 66.7 Å². The summed E-state index contributed by atoms with van der Waals surface area (Å²) in [5, 5.41) is 0.413. The van der Waals surface area contributed by atoms with Crippen LogP contribution in [0.5, 0.6) is 5.75 Å². The Kier molecular flexibility index (Phi) is 7.45. The first-order valence-electron chi connectivity index (χ1n) is 11.0. The predicted octanol–water partition coefficient (Wildman–Crippen LogP) is 4.12. The van der Waals surface area contributed by atoms with Gasteiger partial charge in [-0.05, 0) is 42.0 Å². The van der Waals surface area contributed by atoms with Crippen LogP contribution in [-0.4, -0.2) is 47.8 Å². The van der Waals surface area contributed by atoms with E-state index in [1.807, 2.05) is 12.1 Å². The molecule has 3 aromatic rings. The number of rotatable bonds is 7. The molecule has 4 rings (SSSR count). The molecule has 34 heavy (non-hydrogen) atoms. The van der Waals surface area contributed by atoms with E-state index in [2.05, 4.69) is 4.90 Å². The maximum absolute atomic E-state index is 14.1. The molecular weight excluding hydrogens is 457 g/mol. The Morgan fingerprint density at radius 2 is 1.71 bits per heavy atom. The molecule has 0 bridgehead atoms. The third kappa shape index (κ3) is 5.55. The van der Waals surface area contributed by atoms with Crippen molar-refractivity contribution in [1.82, 2.24) is 9.80 Å². The van der Waals surface area contributed by atoms with Gasteiger partial charge in [-0.3, -0.25) is 14.5 Å². The van der Waals surface area contributed by atoms with Gasteiger partial charge in [0.25, 0.3) is 11.8 Å². The minimum absolute atomic E-state index is 0.0667. The van der Waals surface area contributed by atoms with Crippen molar-refractivity contribution in [2.75, 3.05) is 26.2 Å². The van der Waals surface area contributed by atoms with Gasteiger partial charge in [0.2, 0.25) is 0 Å². The largest absolute Gasteiger partial charge is 0.488 e. The number of nitrogens with two attached hydrogens (primary N) is 1. The fourth-order valence-corrected chi connectivity index (χ4v) is 4.17. The highest BCUT2D eigenvalue weighted by Gasteiger charge is 2.23. The molecule has 6 nitrogen and oxygen atoms in total. The minimum Gasteiger partial charge on any atom is -0.488 e. The lowest BCUT2D eigenvalue weighted by molar-refractivity contribution is 0.0626. The zero-order chi connectivity index (χ0) is 24.1. The Labute approximate surface area is 202 Å². The number of piperazine rings is 1. The number of para-hydroxylation sites is 1. The van der Waals surface area contributed by atoms with Crippen LogP contribution in [0, 0.1) is 5.82 Å². The molecule has 0 atom stereocenters. The maximum Gasteiger partial charge on any atom is 0.253 e. The van der Waals surface area contributed by atoms with Gasteiger partial charge in [0.05, 0.1) is 5.56 Å². The van der Waals surface area contributed by atoms with Gasteiger partial charge in [-0.15, -0.1) is 0 Å². The Morgan fingerprint density at radius 1 is 0.971 bits per heavy atom. The summed E-state index contributed by atoms with van der Waals surface area (Å²) in [4.78, 5) is 28.5. The summed E-state index contributed by atoms with van der Waals surface area (Å²) in [6, 6.07) is 18.7. The average molecular weight is 482 g/mol. The number of benzene rings is 3. The van der Waals surface area contributed by atoms with Gasteiger partial charge in [0.15, 0.2) is 0 Å². The molecular formula is C26H25ClFN3O3. The molecule has 0 aliphatic carbocycles. The predicted molar refractivity (Wildman–Crippen MR) is 128 cm³/mol. The van der Waals surface area contributed by atoms with E-state index in [9.17, 15) is 14.0 Å². The van der Waals surface area contributed by atoms with Crippen molar-refractivity contribution in [3.63, 3.8) is 0 Å². The first-order valence-corrected chi connectivity index (χ1v) is 11.4. The summed E-state index contributed by atoms with van der Waals surface area (Å²) in [5.41, 5.74) is 7.56. The topological polar surface area (TPSA) is 75.9 Å². The van der Waals surface area contributed by atoms with Gasteiger partial charge in [-0.1, -0.05) is 41.9 Å². The van der Waals surface area contributed by atoms with Crippen molar-refractivity contribution in [2.45, 2.75) is 13.2 Å². The number of amides is 2. The molecule has 1 saturated heterocycles. The smallest absolute Gasteiger partial charge is 0.253 e. The van der Waals surface area contributed by atoms with Gasteiger partial charge in [-0.2, -0.15) is 0 Å². The van der Waals surface area contributed by atoms with Gasteiger partial charge < -0.3 is 15.4 Å². The monoisotopic (exact) mass is 481 g/mol. The quantitative estimate of drug-likeness (QED) is 0.551. The molecule has 8 heteroatoms. The van der Waals surface area contributed by atoms with Crippen LogP contribution >= 0.6 is 11.6 Å².